The lowest BCUT2D eigenvalue weighted by Gasteiger charge is -2.24. The topological polar surface area (TPSA) is 17.1 Å². The zero-order chi connectivity index (χ0) is 10.9. The van der Waals surface area contributed by atoms with Crippen LogP contribution in [-0.2, 0) is 4.79 Å². The summed E-state index contributed by atoms with van der Waals surface area (Å²) >= 11 is 0. The van der Waals surface area contributed by atoms with Gasteiger partial charge in [0.05, 0.1) is 0 Å². The summed E-state index contributed by atoms with van der Waals surface area (Å²) in [5.41, 5.74) is 0. The SMILES string of the molecule is CCC1CC(C(C)=O)CC1C(C)(F)F.F. The third kappa shape index (κ3) is 3.21. The average molecular weight is 224 g/mol. The minimum Gasteiger partial charge on any atom is -0.300 e. The number of hydrogen-bond acceptors (Lipinski definition) is 1. The molecule has 0 aromatic rings. The minimum absolute atomic E-state index is 0. The Labute approximate surface area is 88.6 Å². The molecule has 3 atom stereocenters. The van der Waals surface area contributed by atoms with E-state index in [1.165, 1.54) is 6.92 Å². The van der Waals surface area contributed by atoms with Gasteiger partial charge in [0.15, 0.2) is 0 Å². The maximum absolute atomic E-state index is 13.2. The molecule has 3 unspecified atom stereocenters. The molecule has 1 nitrogen and oxygen atoms in total. The summed E-state index contributed by atoms with van der Waals surface area (Å²) in [6.07, 6.45) is 1.77. The first-order valence-electron chi connectivity index (χ1n) is 5.24. The Kier molecular flexibility index (Phi) is 4.81. The third-order valence-corrected chi connectivity index (χ3v) is 3.45. The van der Waals surface area contributed by atoms with Crippen LogP contribution in [0.2, 0.25) is 0 Å². The lowest BCUT2D eigenvalue weighted by Crippen LogP contribution is -2.27. The molecule has 1 saturated carbocycles. The van der Waals surface area contributed by atoms with Crippen molar-refractivity contribution in [1.29, 1.82) is 0 Å². The first kappa shape index (κ1) is 14.5. The van der Waals surface area contributed by atoms with Gasteiger partial charge in [-0.1, -0.05) is 13.3 Å². The molecule has 0 heterocycles. The molecule has 0 bridgehead atoms. The molecule has 1 rings (SSSR count). The Bertz CT molecular complexity index is 222. The van der Waals surface area contributed by atoms with Crippen molar-refractivity contribution >= 4 is 5.78 Å². The van der Waals surface area contributed by atoms with Gasteiger partial charge in [0.1, 0.15) is 5.78 Å². The van der Waals surface area contributed by atoms with Gasteiger partial charge in [0.25, 0.3) is 0 Å². The van der Waals surface area contributed by atoms with E-state index in [9.17, 15) is 13.6 Å². The molecule has 90 valence electrons. The fraction of sp³-hybridized carbons (Fsp3) is 0.909. The fourth-order valence-electron chi connectivity index (χ4n) is 2.53. The quantitative estimate of drug-likeness (QED) is 0.717. The van der Waals surface area contributed by atoms with Gasteiger partial charge in [-0.25, -0.2) is 8.78 Å². The first-order valence-corrected chi connectivity index (χ1v) is 5.24. The number of ketones is 1. The van der Waals surface area contributed by atoms with Crippen molar-refractivity contribution in [3.8, 4) is 0 Å². The summed E-state index contributed by atoms with van der Waals surface area (Å²) in [5, 5.41) is 0. The van der Waals surface area contributed by atoms with Gasteiger partial charge in [0, 0.05) is 11.8 Å². The Hall–Kier alpha value is -0.540. The fourth-order valence-corrected chi connectivity index (χ4v) is 2.53. The molecule has 0 amide bonds. The van der Waals surface area contributed by atoms with Crippen LogP contribution in [0.25, 0.3) is 0 Å². The van der Waals surface area contributed by atoms with Crippen LogP contribution in [0, 0.1) is 17.8 Å². The van der Waals surface area contributed by atoms with Crippen LogP contribution in [0.15, 0.2) is 0 Å². The molecule has 1 fully saturated rings. The van der Waals surface area contributed by atoms with E-state index in [0.29, 0.717) is 12.8 Å². The number of carbonyl (C=O) groups excluding carboxylic acids is 1. The standard InChI is InChI=1S/C11H18F2O.FH/c1-4-8-5-9(7(2)14)6-10(8)11(3,12)13;/h8-10H,4-6H2,1-3H3;1H. The van der Waals surface area contributed by atoms with Crippen LogP contribution < -0.4 is 0 Å². The predicted octanol–water partition coefficient (Wildman–Crippen LogP) is 3.44. The highest BCUT2D eigenvalue weighted by atomic mass is 19.3. The van der Waals surface area contributed by atoms with Crippen molar-refractivity contribution in [3.63, 3.8) is 0 Å². The summed E-state index contributed by atoms with van der Waals surface area (Å²) in [5.74, 6) is -3.28. The highest BCUT2D eigenvalue weighted by Gasteiger charge is 2.46. The van der Waals surface area contributed by atoms with E-state index in [2.05, 4.69) is 0 Å². The van der Waals surface area contributed by atoms with E-state index < -0.39 is 11.8 Å². The van der Waals surface area contributed by atoms with Gasteiger partial charge >= 0.3 is 0 Å². The largest absolute Gasteiger partial charge is 0.300 e. The molecule has 4 heteroatoms. The number of halogens is 3. The Morgan fingerprint density at radius 3 is 2.20 bits per heavy atom. The number of carbonyl (C=O) groups is 1. The van der Waals surface area contributed by atoms with Crippen LogP contribution in [0.1, 0.15) is 40.0 Å². The van der Waals surface area contributed by atoms with Crippen LogP contribution >= 0.6 is 0 Å². The molecule has 1 aliphatic rings. The van der Waals surface area contributed by atoms with E-state index >= 15 is 0 Å². The summed E-state index contributed by atoms with van der Waals surface area (Å²) < 4.78 is 26.4. The monoisotopic (exact) mass is 224 g/mol. The number of Topliss-reactive ketones (excluding diaryl/α,β-unsaturated/α-hetero) is 1. The molecule has 1 aliphatic carbocycles. The molecule has 0 radical (unpaired) electrons. The third-order valence-electron chi connectivity index (χ3n) is 3.45. The molecule has 0 aromatic carbocycles. The van der Waals surface area contributed by atoms with E-state index in [0.717, 1.165) is 13.3 Å². The summed E-state index contributed by atoms with van der Waals surface area (Å²) in [6, 6.07) is 0. The van der Waals surface area contributed by atoms with Gasteiger partial charge in [-0.3, -0.25) is 9.50 Å². The molecule has 0 aromatic heterocycles. The van der Waals surface area contributed by atoms with Gasteiger partial charge in [0.2, 0.25) is 5.92 Å². The second kappa shape index (κ2) is 4.99. The molecule has 15 heavy (non-hydrogen) atoms. The molecular formula is C11H19F3O. The van der Waals surface area contributed by atoms with Gasteiger partial charge in [-0.15, -0.1) is 0 Å². The van der Waals surface area contributed by atoms with Crippen LogP contribution in [0.5, 0.6) is 0 Å². The first-order chi connectivity index (χ1) is 6.36. The van der Waals surface area contributed by atoms with Crippen molar-refractivity contribution < 1.29 is 18.3 Å². The molecule has 0 N–H and O–H groups in total. The smallest absolute Gasteiger partial charge is 0.248 e. The van der Waals surface area contributed by atoms with Crippen molar-refractivity contribution in [1.82, 2.24) is 0 Å². The Balaban J connectivity index is 0.00000196. The summed E-state index contributed by atoms with van der Waals surface area (Å²) in [7, 11) is 0. The Morgan fingerprint density at radius 2 is 1.93 bits per heavy atom. The van der Waals surface area contributed by atoms with Gasteiger partial charge in [-0.2, -0.15) is 0 Å². The van der Waals surface area contributed by atoms with Crippen LogP contribution in [0.3, 0.4) is 0 Å². The second-order valence-corrected chi connectivity index (χ2v) is 4.51. The van der Waals surface area contributed by atoms with Crippen molar-refractivity contribution in [2.45, 2.75) is 46.0 Å². The highest BCUT2D eigenvalue weighted by molar-refractivity contribution is 5.78. The zero-order valence-electron chi connectivity index (χ0n) is 9.43. The number of rotatable bonds is 3. The maximum Gasteiger partial charge on any atom is 0.248 e. The van der Waals surface area contributed by atoms with Crippen molar-refractivity contribution in [2.24, 2.45) is 17.8 Å². The zero-order valence-corrected chi connectivity index (χ0v) is 9.43. The average Bonchev–Trinajstić information content (AvgIpc) is 2.46. The number of alkyl halides is 2. The number of hydrogen-bond donors (Lipinski definition) is 0. The van der Waals surface area contributed by atoms with Crippen LogP contribution in [-0.4, -0.2) is 11.7 Å². The summed E-state index contributed by atoms with van der Waals surface area (Å²) in [4.78, 5) is 11.1. The van der Waals surface area contributed by atoms with E-state index in [-0.39, 0.29) is 22.3 Å². The molecule has 0 aliphatic heterocycles. The molecular weight excluding hydrogens is 205 g/mol. The highest BCUT2D eigenvalue weighted by Crippen LogP contribution is 2.46. The normalized spacial score (nSPS) is 31.1. The lowest BCUT2D eigenvalue weighted by molar-refractivity contribution is -0.120. The van der Waals surface area contributed by atoms with E-state index in [4.69, 9.17) is 0 Å². The van der Waals surface area contributed by atoms with Gasteiger partial charge < -0.3 is 0 Å². The molecule has 0 spiro atoms. The van der Waals surface area contributed by atoms with Gasteiger partial charge in [-0.05, 0) is 32.6 Å². The molecule has 0 saturated heterocycles. The summed E-state index contributed by atoms with van der Waals surface area (Å²) in [6.45, 7) is 4.41. The van der Waals surface area contributed by atoms with Crippen molar-refractivity contribution in [3.05, 3.63) is 0 Å². The lowest BCUT2D eigenvalue weighted by atomic mass is 9.89. The van der Waals surface area contributed by atoms with E-state index in [1.807, 2.05) is 6.92 Å². The van der Waals surface area contributed by atoms with Crippen molar-refractivity contribution in [2.75, 3.05) is 0 Å². The maximum atomic E-state index is 13.2. The predicted molar refractivity (Wildman–Crippen MR) is 53.8 cm³/mol. The van der Waals surface area contributed by atoms with E-state index in [1.54, 1.807) is 0 Å². The Morgan fingerprint density at radius 1 is 1.40 bits per heavy atom. The van der Waals surface area contributed by atoms with Crippen LogP contribution in [0.4, 0.5) is 13.5 Å². The minimum atomic E-state index is -2.63. The second-order valence-electron chi connectivity index (χ2n) is 4.51.